The molecule has 0 amide bonds. The summed E-state index contributed by atoms with van der Waals surface area (Å²) in [6.07, 6.45) is 0. The molecule has 14 heavy (non-hydrogen) atoms. The van der Waals surface area contributed by atoms with Crippen molar-refractivity contribution < 1.29 is 1.43 Å². The van der Waals surface area contributed by atoms with Crippen LogP contribution in [0.15, 0.2) is 30.3 Å². The van der Waals surface area contributed by atoms with Gasteiger partial charge in [0.05, 0.1) is 0 Å². The van der Waals surface area contributed by atoms with Crippen molar-refractivity contribution in [2.45, 2.75) is 12.8 Å². The maximum absolute atomic E-state index is 2.58. The molecule has 0 N–H and O–H groups in total. The first-order chi connectivity index (χ1) is 6.90. The highest BCUT2D eigenvalue weighted by Gasteiger charge is 2.55. The van der Waals surface area contributed by atoms with Gasteiger partial charge in [0.2, 0.25) is 0 Å². The van der Waals surface area contributed by atoms with Crippen LogP contribution in [0.3, 0.4) is 0 Å². The van der Waals surface area contributed by atoms with E-state index in [4.69, 9.17) is 0 Å². The minimum absolute atomic E-state index is 0. The Morgan fingerprint density at radius 3 is 2.43 bits per heavy atom. The maximum atomic E-state index is 2.58. The number of rotatable bonds is 2. The molecule has 1 saturated heterocycles. The Hall–Kier alpha value is -0.820. The molecular weight excluding hydrogens is 170 g/mol. The summed E-state index contributed by atoms with van der Waals surface area (Å²) < 4.78 is 0. The third kappa shape index (κ3) is 1.19. The van der Waals surface area contributed by atoms with Crippen LogP contribution in [0.4, 0.5) is 0 Å². The number of nitrogens with zero attached hydrogens (tertiary/aromatic N) is 1. The highest BCUT2D eigenvalue weighted by atomic mass is 15.2. The summed E-state index contributed by atoms with van der Waals surface area (Å²) in [4.78, 5) is 2.58. The van der Waals surface area contributed by atoms with Crippen molar-refractivity contribution in [3.05, 3.63) is 35.9 Å². The summed E-state index contributed by atoms with van der Waals surface area (Å²) in [6, 6.07) is 11.0. The average Bonchev–Trinajstić information content (AvgIpc) is 2.75. The molecule has 1 heterocycles. The van der Waals surface area contributed by atoms with Gasteiger partial charge in [0.15, 0.2) is 0 Å². The summed E-state index contributed by atoms with van der Waals surface area (Å²) in [6.45, 7) is 6.16. The molecule has 1 heteroatoms. The maximum Gasteiger partial charge on any atom is 0.00190 e. The Bertz CT molecular complexity index is 313. The fourth-order valence-electron chi connectivity index (χ4n) is 3.04. The van der Waals surface area contributed by atoms with E-state index in [1.165, 1.54) is 19.6 Å². The van der Waals surface area contributed by atoms with E-state index in [2.05, 4.69) is 42.2 Å². The van der Waals surface area contributed by atoms with Crippen molar-refractivity contribution >= 4 is 0 Å². The Balaban J connectivity index is 0.000000853. The lowest BCUT2D eigenvalue weighted by molar-refractivity contribution is 0.314. The first-order valence-corrected chi connectivity index (χ1v) is 5.67. The van der Waals surface area contributed by atoms with E-state index in [0.29, 0.717) is 0 Å². The van der Waals surface area contributed by atoms with Gasteiger partial charge in [-0.3, -0.25) is 0 Å². The lowest BCUT2D eigenvalue weighted by Crippen LogP contribution is -2.23. The second-order valence-corrected chi connectivity index (χ2v) is 4.62. The lowest BCUT2D eigenvalue weighted by atomic mass is 10.1. The van der Waals surface area contributed by atoms with E-state index in [-0.39, 0.29) is 1.43 Å². The molecule has 2 unspecified atom stereocenters. The van der Waals surface area contributed by atoms with Crippen molar-refractivity contribution in [1.82, 2.24) is 4.90 Å². The molecule has 3 atom stereocenters. The summed E-state index contributed by atoms with van der Waals surface area (Å²) in [7, 11) is 0. The minimum atomic E-state index is 0. The average molecular weight is 189 g/mol. The molecule has 2 aliphatic rings. The highest BCUT2D eigenvalue weighted by Crippen LogP contribution is 2.57. The van der Waals surface area contributed by atoms with E-state index in [0.717, 1.165) is 17.8 Å². The highest BCUT2D eigenvalue weighted by molar-refractivity contribution is 5.30. The second kappa shape index (κ2) is 3.09. The van der Waals surface area contributed by atoms with Crippen molar-refractivity contribution in [2.24, 2.45) is 11.8 Å². The fraction of sp³-hybridized carbons (Fsp3) is 0.538. The minimum Gasteiger partial charge on any atom is -0.303 e. The fourth-order valence-corrected chi connectivity index (χ4v) is 3.04. The molecule has 0 bridgehead atoms. The molecule has 76 valence electrons. The van der Waals surface area contributed by atoms with Crippen molar-refractivity contribution in [3.63, 3.8) is 0 Å². The third-order valence-corrected chi connectivity index (χ3v) is 3.90. The van der Waals surface area contributed by atoms with Crippen molar-refractivity contribution in [1.29, 1.82) is 0 Å². The quantitative estimate of drug-likeness (QED) is 0.691. The summed E-state index contributed by atoms with van der Waals surface area (Å²) in [5.41, 5.74) is 1.57. The van der Waals surface area contributed by atoms with Gasteiger partial charge in [-0.1, -0.05) is 37.3 Å². The topological polar surface area (TPSA) is 3.24 Å². The van der Waals surface area contributed by atoms with Gasteiger partial charge in [0, 0.05) is 14.5 Å². The Morgan fingerprint density at radius 2 is 1.86 bits per heavy atom. The normalized spacial score (nSPS) is 35.6. The smallest absolute Gasteiger partial charge is 0.00190 e. The van der Waals surface area contributed by atoms with E-state index < -0.39 is 0 Å². The second-order valence-electron chi connectivity index (χ2n) is 4.62. The Morgan fingerprint density at radius 1 is 1.21 bits per heavy atom. The number of benzene rings is 1. The number of hydrogen-bond acceptors (Lipinski definition) is 1. The molecule has 1 aliphatic heterocycles. The standard InChI is InChI=1S/C13H17N.H2/c1-2-14-8-11-12(9-14)13(11)10-6-4-3-5-7-10;/h3-7,11-13H,2,8-9H2,1H3;1H/t11-,12?,13?;/m1./s1. The van der Waals surface area contributed by atoms with E-state index >= 15 is 0 Å². The van der Waals surface area contributed by atoms with Crippen LogP contribution in [0.5, 0.6) is 0 Å². The van der Waals surface area contributed by atoms with Gasteiger partial charge in [0.1, 0.15) is 0 Å². The molecule has 0 radical (unpaired) electrons. The Labute approximate surface area is 87.2 Å². The van der Waals surface area contributed by atoms with E-state index in [1.54, 1.807) is 5.56 Å². The van der Waals surface area contributed by atoms with Gasteiger partial charge in [-0.15, -0.1) is 0 Å². The van der Waals surface area contributed by atoms with Crippen LogP contribution in [0.1, 0.15) is 19.8 Å². The monoisotopic (exact) mass is 189 g/mol. The first-order valence-electron chi connectivity index (χ1n) is 5.67. The number of hydrogen-bond donors (Lipinski definition) is 0. The molecule has 1 aliphatic carbocycles. The van der Waals surface area contributed by atoms with E-state index in [1.807, 2.05) is 0 Å². The zero-order chi connectivity index (χ0) is 9.54. The predicted molar refractivity (Wildman–Crippen MR) is 60.4 cm³/mol. The predicted octanol–water partition coefficient (Wildman–Crippen LogP) is 2.60. The number of fused-ring (bicyclic) bond motifs is 1. The Kier molecular flexibility index (Phi) is 1.88. The molecule has 1 aromatic rings. The summed E-state index contributed by atoms with van der Waals surface area (Å²) in [5.74, 6) is 2.83. The first kappa shape index (κ1) is 8.49. The SMILES string of the molecule is CCN1CC2C(c3ccccc3)[C@@H]2C1.[HH]. The third-order valence-electron chi connectivity index (χ3n) is 3.90. The van der Waals surface area contributed by atoms with Gasteiger partial charge in [-0.25, -0.2) is 0 Å². The van der Waals surface area contributed by atoms with Gasteiger partial charge in [0.25, 0.3) is 0 Å². The van der Waals surface area contributed by atoms with Crippen LogP contribution >= 0.6 is 0 Å². The summed E-state index contributed by atoms with van der Waals surface area (Å²) >= 11 is 0. The molecular formula is C13H19N. The molecule has 0 spiro atoms. The molecule has 1 nitrogen and oxygen atoms in total. The zero-order valence-electron chi connectivity index (χ0n) is 8.69. The van der Waals surface area contributed by atoms with E-state index in [9.17, 15) is 0 Å². The van der Waals surface area contributed by atoms with Crippen LogP contribution in [0, 0.1) is 11.8 Å². The van der Waals surface area contributed by atoms with Gasteiger partial charge >= 0.3 is 0 Å². The van der Waals surface area contributed by atoms with Crippen LogP contribution < -0.4 is 0 Å². The molecule has 3 rings (SSSR count). The van der Waals surface area contributed by atoms with Crippen LogP contribution in [0.2, 0.25) is 0 Å². The molecule has 0 aromatic heterocycles. The van der Waals surface area contributed by atoms with Gasteiger partial charge < -0.3 is 4.90 Å². The van der Waals surface area contributed by atoms with Crippen LogP contribution in [-0.2, 0) is 0 Å². The van der Waals surface area contributed by atoms with Crippen LogP contribution in [0.25, 0.3) is 0 Å². The summed E-state index contributed by atoms with van der Waals surface area (Å²) in [5, 5.41) is 0. The van der Waals surface area contributed by atoms with Crippen LogP contribution in [-0.4, -0.2) is 24.5 Å². The lowest BCUT2D eigenvalue weighted by Gasteiger charge is -2.16. The largest absolute Gasteiger partial charge is 0.303 e. The van der Waals surface area contributed by atoms with Gasteiger partial charge in [-0.2, -0.15) is 0 Å². The van der Waals surface area contributed by atoms with Crippen molar-refractivity contribution in [3.8, 4) is 0 Å². The molecule has 1 aromatic carbocycles. The number of piperidine rings is 1. The van der Waals surface area contributed by atoms with Crippen molar-refractivity contribution in [2.75, 3.05) is 19.6 Å². The molecule has 2 fully saturated rings. The zero-order valence-corrected chi connectivity index (χ0v) is 8.69. The van der Waals surface area contributed by atoms with Gasteiger partial charge in [-0.05, 0) is 29.9 Å². The number of likely N-dealkylation sites (tertiary alicyclic amines) is 1. The molecule has 1 saturated carbocycles.